The van der Waals surface area contributed by atoms with E-state index in [-0.39, 0.29) is 18.5 Å². The Morgan fingerprint density at radius 2 is 0.618 bits per heavy atom. The van der Waals surface area contributed by atoms with Gasteiger partial charge in [0, 0.05) is 12.8 Å². The fraction of sp³-hybridized carbons (Fsp3) is 0.914. The maximum absolute atomic E-state index is 12.5. The van der Waals surface area contributed by atoms with Gasteiger partial charge in [0.15, 0.2) is 0 Å². The highest BCUT2D eigenvalue weighted by Gasteiger charge is 2.18. The minimum Gasteiger partial charge on any atom is -0.466 e. The first-order valence-corrected chi connectivity index (χ1v) is 34.6. The van der Waals surface area contributed by atoms with Crippen LogP contribution in [0.1, 0.15) is 386 Å². The number of nitrogens with one attached hydrogen (secondary N) is 1. The smallest absolute Gasteiger partial charge is 0.305 e. The van der Waals surface area contributed by atoms with E-state index in [1.807, 2.05) is 6.08 Å². The summed E-state index contributed by atoms with van der Waals surface area (Å²) in [5, 5.41) is 23.2. The van der Waals surface area contributed by atoms with Gasteiger partial charge in [-0.15, -0.1) is 0 Å². The van der Waals surface area contributed by atoms with Crippen molar-refractivity contribution < 1.29 is 24.5 Å². The zero-order valence-corrected chi connectivity index (χ0v) is 51.5. The molecule has 450 valence electrons. The second kappa shape index (κ2) is 65.9. The molecule has 0 saturated heterocycles. The molecule has 6 nitrogen and oxygen atoms in total. The molecule has 0 saturated carbocycles. The zero-order valence-electron chi connectivity index (χ0n) is 51.5. The summed E-state index contributed by atoms with van der Waals surface area (Å²) >= 11 is 0. The van der Waals surface area contributed by atoms with Gasteiger partial charge in [-0.05, 0) is 57.8 Å². The molecular formula is C70H135NO5. The van der Waals surface area contributed by atoms with Crippen LogP contribution in [0.3, 0.4) is 0 Å². The highest BCUT2D eigenvalue weighted by Crippen LogP contribution is 2.18. The fourth-order valence-corrected chi connectivity index (χ4v) is 10.9. The average Bonchev–Trinajstić information content (AvgIpc) is 3.42. The number of carbonyl (C=O) groups excluding carboxylic acids is 2. The Bertz CT molecular complexity index is 1190. The van der Waals surface area contributed by atoms with Crippen molar-refractivity contribution >= 4 is 11.9 Å². The number of esters is 1. The molecule has 0 aromatic carbocycles. The Morgan fingerprint density at radius 1 is 0.355 bits per heavy atom. The predicted molar refractivity (Wildman–Crippen MR) is 333 cm³/mol. The van der Waals surface area contributed by atoms with Crippen LogP contribution in [-0.4, -0.2) is 47.4 Å². The third-order valence-corrected chi connectivity index (χ3v) is 16.2. The van der Waals surface area contributed by atoms with Crippen molar-refractivity contribution in [3.8, 4) is 0 Å². The van der Waals surface area contributed by atoms with Crippen LogP contribution in [0.25, 0.3) is 0 Å². The maximum atomic E-state index is 12.5. The molecule has 76 heavy (non-hydrogen) atoms. The van der Waals surface area contributed by atoms with Crippen LogP contribution in [-0.2, 0) is 14.3 Å². The molecule has 0 aliphatic heterocycles. The summed E-state index contributed by atoms with van der Waals surface area (Å²) in [6.07, 6.45) is 82.5. The van der Waals surface area contributed by atoms with Crippen LogP contribution in [0.4, 0.5) is 0 Å². The molecule has 0 aromatic heterocycles. The Labute approximate surface area is 475 Å². The highest BCUT2D eigenvalue weighted by atomic mass is 16.5. The lowest BCUT2D eigenvalue weighted by Crippen LogP contribution is -2.45. The Morgan fingerprint density at radius 3 is 0.934 bits per heavy atom. The molecule has 0 spiro atoms. The summed E-state index contributed by atoms with van der Waals surface area (Å²) in [6.45, 7) is 4.94. The molecule has 0 aliphatic carbocycles. The van der Waals surface area contributed by atoms with Crippen LogP contribution in [0.15, 0.2) is 24.3 Å². The van der Waals surface area contributed by atoms with Crippen molar-refractivity contribution in [2.24, 2.45) is 0 Å². The van der Waals surface area contributed by atoms with E-state index < -0.39 is 12.1 Å². The molecule has 2 unspecified atom stereocenters. The lowest BCUT2D eigenvalue weighted by atomic mass is 10.0. The van der Waals surface area contributed by atoms with E-state index in [9.17, 15) is 19.8 Å². The largest absolute Gasteiger partial charge is 0.466 e. The first-order valence-electron chi connectivity index (χ1n) is 34.6. The van der Waals surface area contributed by atoms with Crippen molar-refractivity contribution in [1.29, 1.82) is 0 Å². The van der Waals surface area contributed by atoms with Crippen molar-refractivity contribution in [3.63, 3.8) is 0 Å². The molecule has 0 rings (SSSR count). The predicted octanol–water partition coefficient (Wildman–Crippen LogP) is 22.1. The van der Waals surface area contributed by atoms with Crippen molar-refractivity contribution in [3.05, 3.63) is 24.3 Å². The molecule has 0 radical (unpaired) electrons. The van der Waals surface area contributed by atoms with Crippen LogP contribution in [0, 0.1) is 0 Å². The summed E-state index contributed by atoms with van der Waals surface area (Å²) < 4.78 is 5.50. The first-order chi connectivity index (χ1) is 37.5. The van der Waals surface area contributed by atoms with Crippen LogP contribution in [0.2, 0.25) is 0 Å². The van der Waals surface area contributed by atoms with E-state index in [4.69, 9.17) is 4.74 Å². The number of aliphatic hydroxyl groups excluding tert-OH is 2. The van der Waals surface area contributed by atoms with Gasteiger partial charge < -0.3 is 20.3 Å². The molecule has 2 atom stereocenters. The number of aliphatic hydroxyl groups is 2. The van der Waals surface area contributed by atoms with Crippen LogP contribution >= 0.6 is 0 Å². The summed E-state index contributed by atoms with van der Waals surface area (Å²) in [4.78, 5) is 24.6. The van der Waals surface area contributed by atoms with E-state index in [0.717, 1.165) is 38.5 Å². The van der Waals surface area contributed by atoms with Gasteiger partial charge >= 0.3 is 5.97 Å². The number of carbonyl (C=O) groups is 2. The molecule has 0 fully saturated rings. The fourth-order valence-electron chi connectivity index (χ4n) is 10.9. The Balaban J connectivity index is 3.37. The first kappa shape index (κ1) is 74.3. The van der Waals surface area contributed by atoms with E-state index in [0.29, 0.717) is 19.4 Å². The standard InChI is InChI=1S/C70H135NO5/c1-3-5-7-9-11-13-15-17-19-36-40-44-48-52-56-60-64-70(75)76-65-61-57-53-49-45-41-37-33-31-29-27-25-23-21-20-22-24-26-28-30-32-35-39-43-47-51-55-59-63-69(74)71-67(66-72)68(73)62-58-54-50-46-42-38-34-18-16-14-12-10-8-6-4-2/h20-21,58,62,67-68,72-73H,3-19,22-57,59-61,63-66H2,1-2H3,(H,71,74)/b21-20-,62-58+. The van der Waals surface area contributed by atoms with Crippen LogP contribution in [0.5, 0.6) is 0 Å². The molecule has 1 amide bonds. The van der Waals surface area contributed by atoms with Crippen LogP contribution < -0.4 is 5.32 Å². The molecule has 0 bridgehead atoms. The van der Waals surface area contributed by atoms with Gasteiger partial charge in [0.1, 0.15) is 0 Å². The lowest BCUT2D eigenvalue weighted by Gasteiger charge is -2.20. The summed E-state index contributed by atoms with van der Waals surface area (Å²) in [7, 11) is 0. The molecule has 0 aromatic rings. The zero-order chi connectivity index (χ0) is 55.0. The van der Waals surface area contributed by atoms with E-state index in [1.54, 1.807) is 6.08 Å². The molecule has 0 aliphatic rings. The molecule has 6 heteroatoms. The summed E-state index contributed by atoms with van der Waals surface area (Å²) in [6, 6.07) is -0.627. The van der Waals surface area contributed by atoms with Crippen molar-refractivity contribution in [1.82, 2.24) is 5.32 Å². The number of rotatable bonds is 65. The third-order valence-electron chi connectivity index (χ3n) is 16.2. The number of ether oxygens (including phenoxy) is 1. The van der Waals surface area contributed by atoms with Crippen molar-refractivity contribution in [2.75, 3.05) is 13.2 Å². The minimum atomic E-state index is -0.844. The molecule has 0 heterocycles. The number of unbranched alkanes of at least 4 members (excludes halogenated alkanes) is 52. The normalized spacial score (nSPS) is 12.6. The third kappa shape index (κ3) is 61.6. The van der Waals surface area contributed by atoms with E-state index in [2.05, 4.69) is 31.3 Å². The molecular weight excluding hydrogens is 935 g/mol. The Kier molecular flexibility index (Phi) is 64.4. The second-order valence-electron chi connectivity index (χ2n) is 23.9. The summed E-state index contributed by atoms with van der Waals surface area (Å²) in [5.41, 5.74) is 0. The number of amides is 1. The van der Waals surface area contributed by atoms with E-state index in [1.165, 1.54) is 321 Å². The SMILES string of the molecule is CCCCCCCCCCCCCCC/C=C/C(O)C(CO)NC(=O)CCCCCCCCCCCCCC/C=C\CCCCCCCCCCCCCCOC(=O)CCCCCCCCCCCCCCCCCC. The topological polar surface area (TPSA) is 95.9 Å². The van der Waals surface area contributed by atoms with Gasteiger partial charge in [0.05, 0.1) is 25.4 Å². The maximum Gasteiger partial charge on any atom is 0.305 e. The quantitative estimate of drug-likeness (QED) is 0.0320. The van der Waals surface area contributed by atoms with Crippen molar-refractivity contribution in [2.45, 2.75) is 398 Å². The monoisotopic (exact) mass is 1070 g/mol. The van der Waals surface area contributed by atoms with Gasteiger partial charge in [-0.2, -0.15) is 0 Å². The van der Waals surface area contributed by atoms with Gasteiger partial charge in [-0.3, -0.25) is 9.59 Å². The van der Waals surface area contributed by atoms with Gasteiger partial charge in [-0.1, -0.05) is 340 Å². The second-order valence-corrected chi connectivity index (χ2v) is 23.9. The highest BCUT2D eigenvalue weighted by molar-refractivity contribution is 5.76. The minimum absolute atomic E-state index is 0.0195. The van der Waals surface area contributed by atoms with Gasteiger partial charge in [0.25, 0.3) is 0 Å². The number of allylic oxidation sites excluding steroid dienone is 3. The molecule has 3 N–H and O–H groups in total. The number of hydrogen-bond donors (Lipinski definition) is 3. The van der Waals surface area contributed by atoms with E-state index >= 15 is 0 Å². The Hall–Kier alpha value is -1.66. The summed E-state index contributed by atoms with van der Waals surface area (Å²) in [5.74, 6) is -0.0461. The average molecular weight is 1070 g/mol. The van der Waals surface area contributed by atoms with Gasteiger partial charge in [0.2, 0.25) is 5.91 Å². The lowest BCUT2D eigenvalue weighted by molar-refractivity contribution is -0.143. The number of hydrogen-bond acceptors (Lipinski definition) is 5. The van der Waals surface area contributed by atoms with Gasteiger partial charge in [-0.25, -0.2) is 0 Å².